The Labute approximate surface area is 95.8 Å². The van der Waals surface area contributed by atoms with E-state index in [9.17, 15) is 9.59 Å². The smallest absolute Gasteiger partial charge is 0.326 e. The van der Waals surface area contributed by atoms with E-state index >= 15 is 0 Å². The lowest BCUT2D eigenvalue weighted by molar-refractivity contribution is -0.151. The molecule has 0 aromatic carbocycles. The normalized spacial score (nSPS) is 26.4. The Morgan fingerprint density at radius 3 is 2.50 bits per heavy atom. The van der Waals surface area contributed by atoms with Gasteiger partial charge in [0.15, 0.2) is 0 Å². The summed E-state index contributed by atoms with van der Waals surface area (Å²) in [5.41, 5.74) is 0. The fraction of sp³-hybridized carbons (Fsp3) is 0.818. The molecule has 0 bridgehead atoms. The van der Waals surface area contributed by atoms with Gasteiger partial charge in [0.25, 0.3) is 0 Å². The van der Waals surface area contributed by atoms with Gasteiger partial charge in [-0.05, 0) is 18.9 Å². The van der Waals surface area contributed by atoms with Gasteiger partial charge in [-0.1, -0.05) is 13.8 Å². The van der Waals surface area contributed by atoms with E-state index in [0.717, 1.165) is 6.54 Å². The molecule has 5 nitrogen and oxygen atoms in total. The van der Waals surface area contributed by atoms with Gasteiger partial charge in [-0.25, -0.2) is 4.79 Å². The van der Waals surface area contributed by atoms with Gasteiger partial charge in [0.1, 0.15) is 6.04 Å². The molecule has 0 saturated carbocycles. The predicted molar refractivity (Wildman–Crippen MR) is 60.0 cm³/mol. The molecule has 92 valence electrons. The van der Waals surface area contributed by atoms with Gasteiger partial charge in [-0.2, -0.15) is 0 Å². The summed E-state index contributed by atoms with van der Waals surface area (Å²) >= 11 is 0. The lowest BCUT2D eigenvalue weighted by Crippen LogP contribution is -2.46. The van der Waals surface area contributed by atoms with Gasteiger partial charge in [-0.15, -0.1) is 0 Å². The van der Waals surface area contributed by atoms with E-state index in [1.807, 2.05) is 6.92 Å². The van der Waals surface area contributed by atoms with Gasteiger partial charge >= 0.3 is 5.97 Å². The highest BCUT2D eigenvalue weighted by Gasteiger charge is 2.35. The molecule has 1 amide bonds. The first-order valence-corrected chi connectivity index (χ1v) is 5.69. The summed E-state index contributed by atoms with van der Waals surface area (Å²) < 4.78 is 0. The molecule has 1 unspecified atom stereocenters. The SMILES string of the molecule is CCC(C(=O)O)N(C)C(=O)[C@@H]1CNC[C@H]1C. The number of hydrogen-bond acceptors (Lipinski definition) is 3. The Morgan fingerprint density at radius 2 is 2.12 bits per heavy atom. The van der Waals surface area contributed by atoms with Crippen molar-refractivity contribution in [2.45, 2.75) is 26.3 Å². The number of carboxylic acids is 1. The number of nitrogens with zero attached hydrogens (tertiary/aromatic N) is 1. The summed E-state index contributed by atoms with van der Waals surface area (Å²) in [6, 6.07) is -0.708. The zero-order chi connectivity index (χ0) is 12.3. The Bertz CT molecular complexity index is 280. The molecule has 1 fully saturated rings. The van der Waals surface area contributed by atoms with Gasteiger partial charge in [0.2, 0.25) is 5.91 Å². The maximum atomic E-state index is 12.1. The molecule has 5 heteroatoms. The molecule has 3 atom stereocenters. The second-order valence-electron chi connectivity index (χ2n) is 4.45. The van der Waals surface area contributed by atoms with E-state index in [4.69, 9.17) is 5.11 Å². The molecular formula is C11H20N2O3. The van der Waals surface area contributed by atoms with Crippen LogP contribution in [0.1, 0.15) is 20.3 Å². The minimum Gasteiger partial charge on any atom is -0.480 e. The summed E-state index contributed by atoms with van der Waals surface area (Å²) in [6.45, 7) is 5.27. The molecule has 0 aromatic heterocycles. The largest absolute Gasteiger partial charge is 0.480 e. The third-order valence-corrected chi connectivity index (χ3v) is 3.32. The Kier molecular flexibility index (Phi) is 4.29. The van der Waals surface area contributed by atoms with Gasteiger partial charge < -0.3 is 15.3 Å². The first kappa shape index (κ1) is 13.0. The minimum absolute atomic E-state index is 0.0632. The highest BCUT2D eigenvalue weighted by Crippen LogP contribution is 2.19. The van der Waals surface area contributed by atoms with Crippen molar-refractivity contribution in [3.05, 3.63) is 0 Å². The van der Waals surface area contributed by atoms with Gasteiger partial charge in [-0.3, -0.25) is 4.79 Å². The van der Waals surface area contributed by atoms with E-state index in [0.29, 0.717) is 13.0 Å². The third kappa shape index (κ3) is 2.52. The standard InChI is InChI=1S/C11H20N2O3/c1-4-9(11(15)16)13(3)10(14)8-6-12-5-7(8)2/h7-9,12H,4-6H2,1-3H3,(H,15,16)/t7-,8-,9?/m1/s1. The first-order valence-electron chi connectivity index (χ1n) is 5.69. The molecule has 0 aromatic rings. The predicted octanol–water partition coefficient (Wildman–Crippen LogP) is 0.164. The molecule has 0 spiro atoms. The van der Waals surface area contributed by atoms with Crippen LogP contribution in [0.15, 0.2) is 0 Å². The van der Waals surface area contributed by atoms with Crippen LogP contribution in [0, 0.1) is 11.8 Å². The van der Waals surface area contributed by atoms with Crippen molar-refractivity contribution < 1.29 is 14.7 Å². The number of hydrogen-bond donors (Lipinski definition) is 2. The summed E-state index contributed by atoms with van der Waals surface area (Å²) in [5, 5.41) is 12.1. The van der Waals surface area contributed by atoms with Crippen LogP contribution in [-0.2, 0) is 9.59 Å². The molecule has 16 heavy (non-hydrogen) atoms. The van der Waals surface area contributed by atoms with Gasteiger partial charge in [0, 0.05) is 13.6 Å². The lowest BCUT2D eigenvalue weighted by Gasteiger charge is -2.27. The summed E-state index contributed by atoms with van der Waals surface area (Å²) in [7, 11) is 1.58. The quantitative estimate of drug-likeness (QED) is 0.719. The van der Waals surface area contributed by atoms with Crippen LogP contribution in [0.25, 0.3) is 0 Å². The van der Waals surface area contributed by atoms with Crippen molar-refractivity contribution in [2.75, 3.05) is 20.1 Å². The lowest BCUT2D eigenvalue weighted by atomic mass is 9.96. The van der Waals surface area contributed by atoms with E-state index in [1.54, 1.807) is 14.0 Å². The Morgan fingerprint density at radius 1 is 1.50 bits per heavy atom. The molecule has 2 N–H and O–H groups in total. The van der Waals surface area contributed by atoms with Crippen LogP contribution in [0.3, 0.4) is 0 Å². The molecule has 1 saturated heterocycles. The molecule has 1 rings (SSSR count). The highest BCUT2D eigenvalue weighted by molar-refractivity contribution is 5.85. The topological polar surface area (TPSA) is 69.6 Å². The van der Waals surface area contributed by atoms with Crippen LogP contribution in [0.4, 0.5) is 0 Å². The Hall–Kier alpha value is -1.10. The molecule has 1 heterocycles. The maximum Gasteiger partial charge on any atom is 0.326 e. The van der Waals surface area contributed by atoms with Crippen LogP contribution >= 0.6 is 0 Å². The fourth-order valence-electron chi connectivity index (χ4n) is 2.17. The van der Waals surface area contributed by atoms with E-state index in [-0.39, 0.29) is 17.7 Å². The van der Waals surface area contributed by atoms with Crippen molar-refractivity contribution in [1.29, 1.82) is 0 Å². The molecule has 0 aliphatic carbocycles. The second-order valence-corrected chi connectivity index (χ2v) is 4.45. The Balaban J connectivity index is 2.68. The molecule has 1 aliphatic heterocycles. The molecule has 0 radical (unpaired) electrons. The van der Waals surface area contributed by atoms with Crippen molar-refractivity contribution in [2.24, 2.45) is 11.8 Å². The van der Waals surface area contributed by atoms with Crippen molar-refractivity contribution in [3.8, 4) is 0 Å². The zero-order valence-corrected chi connectivity index (χ0v) is 10.1. The van der Waals surface area contributed by atoms with Gasteiger partial charge in [0.05, 0.1) is 5.92 Å². The fourth-order valence-corrected chi connectivity index (χ4v) is 2.17. The number of nitrogens with one attached hydrogen (secondary N) is 1. The van der Waals surface area contributed by atoms with Crippen molar-refractivity contribution in [1.82, 2.24) is 10.2 Å². The average Bonchev–Trinajstić information content (AvgIpc) is 2.63. The highest BCUT2D eigenvalue weighted by atomic mass is 16.4. The molecular weight excluding hydrogens is 208 g/mol. The summed E-state index contributed by atoms with van der Waals surface area (Å²) in [5.74, 6) is -0.802. The number of carboxylic acid groups (broad SMARTS) is 1. The minimum atomic E-state index is -0.933. The number of likely N-dealkylation sites (N-methyl/N-ethyl adjacent to an activating group) is 1. The van der Waals surface area contributed by atoms with Crippen LogP contribution < -0.4 is 5.32 Å². The van der Waals surface area contributed by atoms with Crippen LogP contribution in [0.2, 0.25) is 0 Å². The maximum absolute atomic E-state index is 12.1. The zero-order valence-electron chi connectivity index (χ0n) is 10.1. The molecule has 1 aliphatic rings. The summed E-state index contributed by atoms with van der Waals surface area (Å²) in [6.07, 6.45) is 0.437. The number of amides is 1. The number of aliphatic carboxylic acids is 1. The van der Waals surface area contributed by atoms with E-state index in [2.05, 4.69) is 5.32 Å². The van der Waals surface area contributed by atoms with E-state index in [1.165, 1.54) is 4.90 Å². The summed E-state index contributed by atoms with van der Waals surface area (Å²) in [4.78, 5) is 24.4. The van der Waals surface area contributed by atoms with E-state index < -0.39 is 12.0 Å². The first-order chi connectivity index (χ1) is 7.49. The van der Waals surface area contributed by atoms with Crippen LogP contribution in [-0.4, -0.2) is 48.1 Å². The third-order valence-electron chi connectivity index (χ3n) is 3.32. The second kappa shape index (κ2) is 5.30. The number of carbonyl (C=O) groups excluding carboxylic acids is 1. The number of carbonyl (C=O) groups is 2. The van der Waals surface area contributed by atoms with Crippen molar-refractivity contribution >= 4 is 11.9 Å². The van der Waals surface area contributed by atoms with Crippen LogP contribution in [0.5, 0.6) is 0 Å². The average molecular weight is 228 g/mol. The monoisotopic (exact) mass is 228 g/mol. The number of rotatable bonds is 4. The van der Waals surface area contributed by atoms with Crippen molar-refractivity contribution in [3.63, 3.8) is 0 Å².